The second-order valence-electron chi connectivity index (χ2n) is 9.72. The molecule has 2 aliphatic heterocycles. The number of nitriles is 1. The highest BCUT2D eigenvalue weighted by molar-refractivity contribution is 6.37. The molecule has 1 N–H and O–H groups in total. The van der Waals surface area contributed by atoms with Gasteiger partial charge in [0.05, 0.1) is 29.5 Å². The Labute approximate surface area is 176 Å². The van der Waals surface area contributed by atoms with Gasteiger partial charge in [-0.3, -0.25) is 4.79 Å². The molecule has 2 aliphatic carbocycles. The summed E-state index contributed by atoms with van der Waals surface area (Å²) in [6, 6.07) is 6.73. The predicted octanol–water partition coefficient (Wildman–Crippen LogP) is 5.01. The number of piperidine rings is 2. The molecule has 2 aromatic rings. The summed E-state index contributed by atoms with van der Waals surface area (Å²) in [6.45, 7) is 4.27. The largest absolute Gasteiger partial charge is 0.495 e. The standard InChI is InChI=1S/C23H26ClN3O2/c1-13(16-10-26-17-4-5-18(29-3)20(24)19(16)17)21(28)27-14-6-22(2)7-15(27)9-23(8-14,11-22)12-25/h4-5,10,13-15,26H,6-9,11H2,1-3H3. The lowest BCUT2D eigenvalue weighted by molar-refractivity contribution is -0.164. The molecule has 2 saturated carbocycles. The Balaban J connectivity index is 1.50. The van der Waals surface area contributed by atoms with E-state index >= 15 is 0 Å². The van der Waals surface area contributed by atoms with Crippen LogP contribution < -0.4 is 4.74 Å². The molecule has 2 saturated heterocycles. The van der Waals surface area contributed by atoms with Gasteiger partial charge in [0.2, 0.25) is 5.91 Å². The minimum atomic E-state index is -0.309. The first-order valence-corrected chi connectivity index (χ1v) is 10.7. The van der Waals surface area contributed by atoms with Gasteiger partial charge in [-0.15, -0.1) is 0 Å². The van der Waals surface area contributed by atoms with Crippen molar-refractivity contribution in [3.05, 3.63) is 28.9 Å². The van der Waals surface area contributed by atoms with Gasteiger partial charge < -0.3 is 14.6 Å². The van der Waals surface area contributed by atoms with Crippen molar-refractivity contribution in [3.63, 3.8) is 0 Å². The van der Waals surface area contributed by atoms with Crippen LogP contribution in [0.3, 0.4) is 0 Å². The number of aromatic amines is 1. The fraction of sp³-hybridized carbons (Fsp3) is 0.565. The van der Waals surface area contributed by atoms with Crippen LogP contribution in [-0.4, -0.2) is 35.0 Å². The van der Waals surface area contributed by atoms with E-state index in [4.69, 9.17) is 16.3 Å². The number of aromatic nitrogens is 1. The zero-order valence-corrected chi connectivity index (χ0v) is 17.8. The van der Waals surface area contributed by atoms with E-state index in [1.807, 2.05) is 25.3 Å². The molecule has 1 amide bonds. The van der Waals surface area contributed by atoms with Crippen LogP contribution in [0.25, 0.3) is 10.9 Å². The number of hydrogen-bond acceptors (Lipinski definition) is 3. The highest BCUT2D eigenvalue weighted by Gasteiger charge is 2.60. The molecule has 6 rings (SSSR count). The minimum absolute atomic E-state index is 0.148. The van der Waals surface area contributed by atoms with Crippen LogP contribution in [0.2, 0.25) is 5.02 Å². The van der Waals surface area contributed by atoms with Gasteiger partial charge in [-0.25, -0.2) is 0 Å². The summed E-state index contributed by atoms with van der Waals surface area (Å²) in [7, 11) is 1.60. The highest BCUT2D eigenvalue weighted by atomic mass is 35.5. The lowest BCUT2D eigenvalue weighted by Gasteiger charge is -2.63. The first-order valence-electron chi connectivity index (χ1n) is 10.4. The molecule has 3 atom stereocenters. The number of halogens is 1. The molecule has 0 radical (unpaired) electrons. The van der Waals surface area contributed by atoms with E-state index in [1.54, 1.807) is 7.11 Å². The number of carbonyl (C=O) groups excluding carboxylic acids is 1. The summed E-state index contributed by atoms with van der Waals surface area (Å²) in [5, 5.41) is 11.2. The van der Waals surface area contributed by atoms with Gasteiger partial charge in [-0.2, -0.15) is 5.26 Å². The third kappa shape index (κ3) is 2.61. The SMILES string of the molecule is COc1ccc2[nH]cc(C(C)C(=O)N3C4CC5(C)CC3CC(C#N)(C4)C5)c2c1Cl. The topological polar surface area (TPSA) is 69.1 Å². The molecule has 4 aliphatic rings. The molecule has 3 heterocycles. The van der Waals surface area contributed by atoms with Crippen molar-refractivity contribution < 1.29 is 9.53 Å². The van der Waals surface area contributed by atoms with Crippen LogP contribution in [-0.2, 0) is 4.79 Å². The van der Waals surface area contributed by atoms with E-state index in [0.29, 0.717) is 10.8 Å². The van der Waals surface area contributed by atoms with Crippen LogP contribution >= 0.6 is 11.6 Å². The maximum atomic E-state index is 13.7. The van der Waals surface area contributed by atoms with Crippen molar-refractivity contribution in [1.29, 1.82) is 5.26 Å². The summed E-state index contributed by atoms with van der Waals surface area (Å²) in [4.78, 5) is 19.1. The molecule has 29 heavy (non-hydrogen) atoms. The van der Waals surface area contributed by atoms with E-state index < -0.39 is 0 Å². The number of rotatable bonds is 3. The maximum absolute atomic E-state index is 13.7. The first kappa shape index (κ1) is 18.8. The Morgan fingerprint density at radius 2 is 2.03 bits per heavy atom. The number of methoxy groups -OCH3 is 1. The third-order valence-corrected chi connectivity index (χ3v) is 7.96. The number of fused-ring (bicyclic) bond motifs is 1. The van der Waals surface area contributed by atoms with Gasteiger partial charge in [0, 0.05) is 29.2 Å². The normalized spacial score (nSPS) is 33.7. The van der Waals surface area contributed by atoms with E-state index in [0.717, 1.165) is 48.6 Å². The van der Waals surface area contributed by atoms with Crippen molar-refractivity contribution in [3.8, 4) is 11.8 Å². The van der Waals surface area contributed by atoms with Gasteiger partial charge >= 0.3 is 0 Å². The minimum Gasteiger partial charge on any atom is -0.495 e. The van der Waals surface area contributed by atoms with Crippen LogP contribution in [0.1, 0.15) is 57.4 Å². The second-order valence-corrected chi connectivity index (χ2v) is 10.1. The van der Waals surface area contributed by atoms with E-state index in [-0.39, 0.29) is 34.7 Å². The lowest BCUT2D eigenvalue weighted by Crippen LogP contribution is -2.66. The third-order valence-electron chi connectivity index (χ3n) is 7.59. The second kappa shape index (κ2) is 6.15. The molecule has 1 aromatic carbocycles. The summed E-state index contributed by atoms with van der Waals surface area (Å²) in [5.41, 5.74) is 1.77. The van der Waals surface area contributed by atoms with Crippen molar-refractivity contribution in [2.75, 3.05) is 7.11 Å². The molecular weight excluding hydrogens is 386 g/mol. The number of hydrogen-bond donors (Lipinski definition) is 1. The van der Waals surface area contributed by atoms with Crippen LogP contribution in [0.5, 0.6) is 5.75 Å². The Bertz CT molecular complexity index is 1040. The van der Waals surface area contributed by atoms with E-state index in [9.17, 15) is 10.1 Å². The molecule has 4 bridgehead atoms. The Morgan fingerprint density at radius 3 is 2.66 bits per heavy atom. The van der Waals surface area contributed by atoms with Crippen LogP contribution in [0.4, 0.5) is 0 Å². The van der Waals surface area contributed by atoms with Crippen LogP contribution in [0.15, 0.2) is 18.3 Å². The molecular formula is C23H26ClN3O2. The maximum Gasteiger partial charge on any atom is 0.230 e. The lowest BCUT2D eigenvalue weighted by atomic mass is 9.50. The van der Waals surface area contributed by atoms with Crippen molar-refractivity contribution in [2.45, 2.75) is 64.0 Å². The van der Waals surface area contributed by atoms with Gasteiger partial charge in [0.25, 0.3) is 0 Å². The summed E-state index contributed by atoms with van der Waals surface area (Å²) < 4.78 is 5.37. The number of nitrogens with zero attached hydrogens (tertiary/aromatic N) is 2. The average molecular weight is 412 g/mol. The fourth-order valence-corrected chi connectivity index (χ4v) is 7.03. The van der Waals surface area contributed by atoms with Crippen molar-refractivity contribution >= 4 is 28.4 Å². The van der Waals surface area contributed by atoms with Gasteiger partial charge in [-0.1, -0.05) is 18.5 Å². The summed E-state index contributed by atoms with van der Waals surface area (Å²) in [6.07, 6.45) is 6.53. The van der Waals surface area contributed by atoms with Gasteiger partial charge in [0.1, 0.15) is 5.75 Å². The van der Waals surface area contributed by atoms with Crippen molar-refractivity contribution in [2.24, 2.45) is 10.8 Å². The predicted molar refractivity (Wildman–Crippen MR) is 112 cm³/mol. The molecule has 5 nitrogen and oxygen atoms in total. The molecule has 1 aromatic heterocycles. The number of carbonyl (C=O) groups is 1. The average Bonchev–Trinajstić information content (AvgIpc) is 3.11. The van der Waals surface area contributed by atoms with Crippen LogP contribution in [0, 0.1) is 22.2 Å². The first-order chi connectivity index (χ1) is 13.8. The Kier molecular flexibility index (Phi) is 3.99. The van der Waals surface area contributed by atoms with E-state index in [2.05, 4.69) is 22.9 Å². The quantitative estimate of drug-likeness (QED) is 0.772. The molecule has 6 heteroatoms. The summed E-state index contributed by atoms with van der Waals surface area (Å²) >= 11 is 6.59. The Morgan fingerprint density at radius 1 is 1.34 bits per heavy atom. The smallest absolute Gasteiger partial charge is 0.230 e. The molecule has 152 valence electrons. The number of nitrogens with one attached hydrogen (secondary N) is 1. The molecule has 4 fully saturated rings. The number of H-pyrrole nitrogens is 1. The number of benzene rings is 1. The van der Waals surface area contributed by atoms with Crippen molar-refractivity contribution in [1.82, 2.24) is 9.88 Å². The van der Waals surface area contributed by atoms with E-state index in [1.165, 1.54) is 0 Å². The highest BCUT2D eigenvalue weighted by Crippen LogP contribution is 2.61. The van der Waals surface area contributed by atoms with Gasteiger partial charge in [0.15, 0.2) is 0 Å². The van der Waals surface area contributed by atoms with Gasteiger partial charge in [-0.05, 0) is 62.1 Å². The summed E-state index contributed by atoms with van der Waals surface area (Å²) in [5.74, 6) is 0.450. The zero-order valence-electron chi connectivity index (χ0n) is 17.1. The Hall–Kier alpha value is -2.19. The zero-order chi connectivity index (χ0) is 20.6. The number of amides is 1. The fourth-order valence-electron chi connectivity index (χ4n) is 6.68. The number of ether oxygens (including phenoxy) is 1. The molecule has 0 spiro atoms. The monoisotopic (exact) mass is 411 g/mol. The molecule has 3 unspecified atom stereocenters.